The monoisotopic (exact) mass is 279 g/mol. The van der Waals surface area contributed by atoms with Gasteiger partial charge in [0.1, 0.15) is 5.82 Å². The van der Waals surface area contributed by atoms with E-state index in [1.54, 1.807) is 7.05 Å². The summed E-state index contributed by atoms with van der Waals surface area (Å²) in [6, 6.07) is 0. The molecule has 1 aromatic heterocycles. The summed E-state index contributed by atoms with van der Waals surface area (Å²) in [5, 5.41) is 0. The Morgan fingerprint density at radius 2 is 2.00 bits per heavy atom. The van der Waals surface area contributed by atoms with Crippen molar-refractivity contribution in [1.82, 2.24) is 15.0 Å². The van der Waals surface area contributed by atoms with Crippen molar-refractivity contribution in [2.75, 3.05) is 43.2 Å². The molecule has 1 aliphatic heterocycles. The number of anilines is 2. The predicted octanol–water partition coefficient (Wildman–Crippen LogP) is 0.643. The molecule has 0 bridgehead atoms. The van der Waals surface area contributed by atoms with Gasteiger partial charge >= 0.3 is 0 Å². The second-order valence-electron chi connectivity index (χ2n) is 4.78. The molecule has 1 fully saturated rings. The van der Waals surface area contributed by atoms with E-state index in [1.807, 2.05) is 0 Å². The Morgan fingerprint density at radius 1 is 1.30 bits per heavy atom. The van der Waals surface area contributed by atoms with E-state index in [9.17, 15) is 4.79 Å². The van der Waals surface area contributed by atoms with Gasteiger partial charge in [0, 0.05) is 33.5 Å². The Labute approximate surface area is 119 Å². The summed E-state index contributed by atoms with van der Waals surface area (Å²) in [6.07, 6.45) is 1.73. The molecule has 0 radical (unpaired) electrons. The van der Waals surface area contributed by atoms with E-state index >= 15 is 0 Å². The van der Waals surface area contributed by atoms with Gasteiger partial charge in [-0.1, -0.05) is 6.92 Å². The van der Waals surface area contributed by atoms with Crippen molar-refractivity contribution in [3.8, 4) is 0 Å². The first-order chi connectivity index (χ1) is 9.61. The molecule has 0 spiro atoms. The van der Waals surface area contributed by atoms with Crippen LogP contribution in [0.3, 0.4) is 0 Å². The zero-order valence-electron chi connectivity index (χ0n) is 12.3. The summed E-state index contributed by atoms with van der Waals surface area (Å²) in [4.78, 5) is 28.3. The first-order valence-corrected chi connectivity index (χ1v) is 6.93. The van der Waals surface area contributed by atoms with Gasteiger partial charge < -0.3 is 9.64 Å². The van der Waals surface area contributed by atoms with Crippen LogP contribution in [0.4, 0.5) is 11.9 Å². The van der Waals surface area contributed by atoms with Crippen LogP contribution in [0.2, 0.25) is 0 Å². The van der Waals surface area contributed by atoms with Crippen LogP contribution < -0.4 is 9.80 Å². The third-order valence-electron chi connectivity index (χ3n) is 3.20. The van der Waals surface area contributed by atoms with Gasteiger partial charge in [-0.3, -0.25) is 9.69 Å². The zero-order valence-corrected chi connectivity index (χ0v) is 12.3. The lowest BCUT2D eigenvalue weighted by atomic mass is 10.3. The molecule has 2 heterocycles. The fourth-order valence-corrected chi connectivity index (χ4v) is 1.93. The van der Waals surface area contributed by atoms with Crippen molar-refractivity contribution in [3.63, 3.8) is 0 Å². The van der Waals surface area contributed by atoms with Crippen molar-refractivity contribution in [3.05, 3.63) is 5.82 Å². The number of nitrogens with zero attached hydrogens (tertiary/aromatic N) is 5. The van der Waals surface area contributed by atoms with Crippen LogP contribution in [0, 0.1) is 0 Å². The molecule has 0 aliphatic carbocycles. The van der Waals surface area contributed by atoms with Crippen LogP contribution in [-0.2, 0) is 16.0 Å². The average molecular weight is 279 g/mol. The van der Waals surface area contributed by atoms with Gasteiger partial charge in [0.15, 0.2) is 0 Å². The van der Waals surface area contributed by atoms with E-state index in [2.05, 4.69) is 26.8 Å². The highest BCUT2D eigenvalue weighted by atomic mass is 16.5. The van der Waals surface area contributed by atoms with Crippen LogP contribution in [0.1, 0.15) is 26.1 Å². The van der Waals surface area contributed by atoms with E-state index in [0.29, 0.717) is 25.1 Å². The lowest BCUT2D eigenvalue weighted by Gasteiger charge is -2.27. The normalized spacial score (nSPS) is 15.2. The first kappa shape index (κ1) is 14.6. The van der Waals surface area contributed by atoms with Gasteiger partial charge in [0.05, 0.1) is 13.2 Å². The van der Waals surface area contributed by atoms with Crippen molar-refractivity contribution >= 4 is 17.8 Å². The van der Waals surface area contributed by atoms with Crippen molar-refractivity contribution in [1.29, 1.82) is 0 Å². The highest BCUT2D eigenvalue weighted by Gasteiger charge is 2.18. The molecule has 20 heavy (non-hydrogen) atoms. The Kier molecular flexibility index (Phi) is 4.84. The minimum Gasteiger partial charge on any atom is -0.378 e. The molecular formula is C13H21N5O2. The lowest BCUT2D eigenvalue weighted by Crippen LogP contribution is -2.38. The Hall–Kier alpha value is -1.76. The topological polar surface area (TPSA) is 71.5 Å². The minimum atomic E-state index is -0.0911. The maximum atomic E-state index is 11.5. The summed E-state index contributed by atoms with van der Waals surface area (Å²) < 4.78 is 5.34. The standard InChI is InChI=1S/C13H21N5O2/c1-4-5-11-14-12(17(3)10(2)19)16-13(15-11)18-6-8-20-9-7-18/h4-9H2,1-3H3. The molecule has 0 atom stereocenters. The quantitative estimate of drug-likeness (QED) is 0.805. The van der Waals surface area contributed by atoms with Gasteiger partial charge in [0.2, 0.25) is 17.8 Å². The molecule has 7 nitrogen and oxygen atoms in total. The number of rotatable bonds is 4. The number of hydrogen-bond donors (Lipinski definition) is 0. The molecule has 0 aromatic carbocycles. The number of carbonyl (C=O) groups excluding carboxylic acids is 1. The minimum absolute atomic E-state index is 0.0911. The van der Waals surface area contributed by atoms with Crippen LogP contribution in [0.15, 0.2) is 0 Å². The molecule has 1 aromatic rings. The van der Waals surface area contributed by atoms with Crippen molar-refractivity contribution in [2.24, 2.45) is 0 Å². The zero-order chi connectivity index (χ0) is 14.5. The second-order valence-corrected chi connectivity index (χ2v) is 4.78. The smallest absolute Gasteiger partial charge is 0.236 e. The molecule has 110 valence electrons. The molecule has 0 unspecified atom stereocenters. The van der Waals surface area contributed by atoms with E-state index in [4.69, 9.17) is 4.74 Å². The number of aryl methyl sites for hydroxylation is 1. The maximum Gasteiger partial charge on any atom is 0.236 e. The van der Waals surface area contributed by atoms with Gasteiger partial charge in [-0.15, -0.1) is 0 Å². The number of aromatic nitrogens is 3. The molecule has 0 N–H and O–H groups in total. The fraction of sp³-hybridized carbons (Fsp3) is 0.692. The summed E-state index contributed by atoms with van der Waals surface area (Å²) in [5.41, 5.74) is 0. The maximum absolute atomic E-state index is 11.5. The summed E-state index contributed by atoms with van der Waals surface area (Å²) in [7, 11) is 1.68. The van der Waals surface area contributed by atoms with Crippen molar-refractivity contribution in [2.45, 2.75) is 26.7 Å². The van der Waals surface area contributed by atoms with E-state index in [0.717, 1.165) is 31.8 Å². The number of hydrogen-bond acceptors (Lipinski definition) is 6. The SMILES string of the molecule is CCCc1nc(N2CCOCC2)nc(N(C)C(C)=O)n1. The molecule has 1 saturated heterocycles. The van der Waals surface area contributed by atoms with Gasteiger partial charge in [0.25, 0.3) is 0 Å². The van der Waals surface area contributed by atoms with Gasteiger partial charge in [-0.05, 0) is 6.42 Å². The number of ether oxygens (including phenoxy) is 1. The van der Waals surface area contributed by atoms with Crippen LogP contribution in [0.5, 0.6) is 0 Å². The van der Waals surface area contributed by atoms with Crippen LogP contribution in [-0.4, -0.2) is 54.2 Å². The summed E-state index contributed by atoms with van der Waals surface area (Å²) in [5.74, 6) is 1.69. The highest BCUT2D eigenvalue weighted by Crippen LogP contribution is 2.15. The first-order valence-electron chi connectivity index (χ1n) is 6.93. The Morgan fingerprint density at radius 3 is 2.60 bits per heavy atom. The highest BCUT2D eigenvalue weighted by molar-refractivity contribution is 5.88. The summed E-state index contributed by atoms with van der Waals surface area (Å²) in [6.45, 7) is 6.45. The van der Waals surface area contributed by atoms with Crippen LogP contribution >= 0.6 is 0 Å². The summed E-state index contributed by atoms with van der Waals surface area (Å²) >= 11 is 0. The third kappa shape index (κ3) is 3.41. The molecular weight excluding hydrogens is 258 g/mol. The lowest BCUT2D eigenvalue weighted by molar-refractivity contribution is -0.116. The van der Waals surface area contributed by atoms with E-state index < -0.39 is 0 Å². The number of morpholine rings is 1. The van der Waals surface area contributed by atoms with Crippen molar-refractivity contribution < 1.29 is 9.53 Å². The molecule has 1 amide bonds. The third-order valence-corrected chi connectivity index (χ3v) is 3.20. The fourth-order valence-electron chi connectivity index (χ4n) is 1.93. The predicted molar refractivity (Wildman–Crippen MR) is 75.9 cm³/mol. The molecule has 1 aliphatic rings. The number of amides is 1. The van der Waals surface area contributed by atoms with E-state index in [-0.39, 0.29) is 5.91 Å². The van der Waals surface area contributed by atoms with Crippen LogP contribution in [0.25, 0.3) is 0 Å². The molecule has 0 saturated carbocycles. The molecule has 2 rings (SSSR count). The average Bonchev–Trinajstić information content (AvgIpc) is 2.47. The Balaban J connectivity index is 2.31. The number of carbonyl (C=O) groups is 1. The second kappa shape index (κ2) is 6.60. The van der Waals surface area contributed by atoms with E-state index in [1.165, 1.54) is 11.8 Å². The van der Waals surface area contributed by atoms with Gasteiger partial charge in [-0.25, -0.2) is 0 Å². The molecule has 7 heteroatoms. The largest absolute Gasteiger partial charge is 0.378 e. The van der Waals surface area contributed by atoms with Gasteiger partial charge in [-0.2, -0.15) is 15.0 Å². The Bertz CT molecular complexity index is 474.